The maximum atomic E-state index is 10.4. The monoisotopic (exact) mass is 139 g/mol. The Kier molecular flexibility index (Phi) is 4.16. The first-order chi connectivity index (χ1) is 4.52. The Morgan fingerprint density at radius 3 is 2.40 bits per heavy atom. The van der Waals surface area contributed by atoms with Gasteiger partial charge in [0, 0.05) is 6.92 Å². The molecule has 10 heavy (non-hydrogen) atoms. The van der Waals surface area contributed by atoms with E-state index in [4.69, 9.17) is 7.85 Å². The fourth-order valence-electron chi connectivity index (χ4n) is 0.828. The van der Waals surface area contributed by atoms with Crippen LogP contribution in [0, 0.1) is 5.92 Å². The molecule has 0 aromatic heterocycles. The normalized spacial score (nSPS) is 13.2. The van der Waals surface area contributed by atoms with Crippen LogP contribution in [-0.4, -0.2) is 19.7 Å². The number of nitrogens with one attached hydrogen (secondary N) is 1. The maximum absolute atomic E-state index is 10.4. The van der Waals surface area contributed by atoms with Crippen molar-refractivity contribution in [2.45, 2.75) is 33.1 Å². The van der Waals surface area contributed by atoms with E-state index >= 15 is 0 Å². The van der Waals surface area contributed by atoms with Crippen molar-refractivity contribution in [3.05, 3.63) is 0 Å². The number of carbonyl (C=O) groups is 1. The van der Waals surface area contributed by atoms with Gasteiger partial charge >= 0.3 is 0 Å². The third-order valence-corrected chi connectivity index (χ3v) is 1.11. The molecule has 0 aromatic carbocycles. The maximum Gasteiger partial charge on any atom is 0.216 e. The summed E-state index contributed by atoms with van der Waals surface area (Å²) in [6, 6.07) is 0. The lowest BCUT2D eigenvalue weighted by Gasteiger charge is -2.14. The summed E-state index contributed by atoms with van der Waals surface area (Å²) >= 11 is 0. The highest BCUT2D eigenvalue weighted by molar-refractivity contribution is 6.12. The van der Waals surface area contributed by atoms with Gasteiger partial charge in [0.1, 0.15) is 0 Å². The van der Waals surface area contributed by atoms with Crippen molar-refractivity contribution in [3.8, 4) is 0 Å². The van der Waals surface area contributed by atoms with Crippen molar-refractivity contribution in [2.75, 3.05) is 0 Å². The third-order valence-electron chi connectivity index (χ3n) is 1.11. The summed E-state index contributed by atoms with van der Waals surface area (Å²) < 4.78 is 0. The third kappa shape index (κ3) is 5.67. The zero-order valence-corrected chi connectivity index (χ0v) is 6.85. The van der Waals surface area contributed by atoms with Gasteiger partial charge in [0.15, 0.2) is 0 Å². The molecular formula is C7H14BNO. The van der Waals surface area contributed by atoms with Crippen LogP contribution in [0.4, 0.5) is 0 Å². The highest BCUT2D eigenvalue weighted by Crippen LogP contribution is 2.00. The lowest BCUT2D eigenvalue weighted by Crippen LogP contribution is -2.34. The Morgan fingerprint density at radius 2 is 2.10 bits per heavy atom. The van der Waals surface area contributed by atoms with Crippen LogP contribution >= 0.6 is 0 Å². The molecule has 0 saturated carbocycles. The van der Waals surface area contributed by atoms with Crippen molar-refractivity contribution in [1.29, 1.82) is 0 Å². The Labute approximate surface area is 63.8 Å². The van der Waals surface area contributed by atoms with E-state index in [9.17, 15) is 4.79 Å². The number of rotatable bonds is 3. The molecule has 0 fully saturated rings. The Morgan fingerprint density at radius 1 is 1.60 bits per heavy atom. The summed E-state index contributed by atoms with van der Waals surface area (Å²) in [6.07, 6.45) is 0.833. The molecule has 0 saturated heterocycles. The summed E-state index contributed by atoms with van der Waals surface area (Å²) in [7, 11) is 5.54. The highest BCUT2D eigenvalue weighted by atomic mass is 16.1. The van der Waals surface area contributed by atoms with E-state index in [-0.39, 0.29) is 11.8 Å². The minimum absolute atomic E-state index is 0.0619. The van der Waals surface area contributed by atoms with Crippen LogP contribution < -0.4 is 5.32 Å². The zero-order valence-electron chi connectivity index (χ0n) is 6.85. The second kappa shape index (κ2) is 4.37. The van der Waals surface area contributed by atoms with Crippen LogP contribution in [-0.2, 0) is 4.79 Å². The molecule has 0 aliphatic heterocycles. The van der Waals surface area contributed by atoms with E-state index < -0.39 is 0 Å². The van der Waals surface area contributed by atoms with E-state index in [1.54, 1.807) is 0 Å². The lowest BCUT2D eigenvalue weighted by molar-refractivity contribution is -0.119. The number of hydrogen-bond acceptors (Lipinski definition) is 1. The molecule has 2 radical (unpaired) electrons. The van der Waals surface area contributed by atoms with Crippen LogP contribution in [0.2, 0.25) is 0 Å². The van der Waals surface area contributed by atoms with E-state index in [0.717, 1.165) is 6.42 Å². The van der Waals surface area contributed by atoms with Crippen LogP contribution in [0.25, 0.3) is 0 Å². The van der Waals surface area contributed by atoms with Crippen molar-refractivity contribution >= 4 is 13.8 Å². The molecule has 0 aliphatic carbocycles. The molecule has 1 atom stereocenters. The van der Waals surface area contributed by atoms with E-state index in [1.807, 2.05) is 0 Å². The van der Waals surface area contributed by atoms with E-state index in [0.29, 0.717) is 5.92 Å². The number of carbonyl (C=O) groups excluding carboxylic acids is 1. The molecule has 1 amide bonds. The molecule has 0 aliphatic rings. The number of hydrogen-bond donors (Lipinski definition) is 1. The largest absolute Gasteiger partial charge is 0.362 e. The summed E-state index contributed by atoms with van der Waals surface area (Å²) in [5.41, 5.74) is 0. The molecule has 1 N–H and O–H groups in total. The predicted molar refractivity (Wildman–Crippen MR) is 42.8 cm³/mol. The van der Waals surface area contributed by atoms with Gasteiger partial charge in [0.25, 0.3) is 0 Å². The van der Waals surface area contributed by atoms with E-state index in [1.165, 1.54) is 6.92 Å². The van der Waals surface area contributed by atoms with Gasteiger partial charge in [-0.3, -0.25) is 4.79 Å². The van der Waals surface area contributed by atoms with Crippen molar-refractivity contribution in [2.24, 2.45) is 5.92 Å². The summed E-state index contributed by atoms with van der Waals surface area (Å²) in [5, 5.41) is 2.61. The summed E-state index contributed by atoms with van der Waals surface area (Å²) in [6.45, 7) is 5.61. The lowest BCUT2D eigenvalue weighted by atomic mass is 9.88. The van der Waals surface area contributed by atoms with Gasteiger partial charge in [0.2, 0.25) is 5.91 Å². The van der Waals surface area contributed by atoms with Gasteiger partial charge in [-0.25, -0.2) is 0 Å². The fraction of sp³-hybridized carbons (Fsp3) is 0.857. The van der Waals surface area contributed by atoms with Crippen molar-refractivity contribution < 1.29 is 4.79 Å². The average Bonchev–Trinajstić information content (AvgIpc) is 1.58. The Balaban J connectivity index is 3.43. The minimum Gasteiger partial charge on any atom is -0.362 e. The average molecular weight is 139 g/mol. The molecule has 56 valence electrons. The van der Waals surface area contributed by atoms with Crippen LogP contribution in [0.3, 0.4) is 0 Å². The highest BCUT2D eigenvalue weighted by Gasteiger charge is 2.04. The molecule has 0 spiro atoms. The van der Waals surface area contributed by atoms with E-state index in [2.05, 4.69) is 19.2 Å². The van der Waals surface area contributed by atoms with Crippen molar-refractivity contribution in [3.63, 3.8) is 0 Å². The second-order valence-electron chi connectivity index (χ2n) is 2.94. The molecule has 3 heteroatoms. The molecule has 1 unspecified atom stereocenters. The van der Waals surface area contributed by atoms with Gasteiger partial charge in [-0.15, -0.1) is 0 Å². The topological polar surface area (TPSA) is 29.1 Å². The van der Waals surface area contributed by atoms with Gasteiger partial charge in [0.05, 0.1) is 7.85 Å². The first-order valence-electron chi connectivity index (χ1n) is 3.55. The van der Waals surface area contributed by atoms with Crippen LogP contribution in [0.1, 0.15) is 27.2 Å². The quantitative estimate of drug-likeness (QED) is 0.571. The minimum atomic E-state index is -0.183. The Bertz CT molecular complexity index is 114. The predicted octanol–water partition coefficient (Wildman–Crippen LogP) is 0.663. The van der Waals surface area contributed by atoms with Gasteiger partial charge in [-0.1, -0.05) is 13.8 Å². The first-order valence-corrected chi connectivity index (χ1v) is 3.55. The standard InChI is InChI=1S/C7H14BNO/c1-5(2)4-7(8)9-6(3)10/h5,7H,4H2,1-3H3,(H,9,10). The molecule has 2 nitrogen and oxygen atoms in total. The fourth-order valence-corrected chi connectivity index (χ4v) is 0.828. The molecule has 0 heterocycles. The molecular weight excluding hydrogens is 125 g/mol. The zero-order chi connectivity index (χ0) is 8.15. The van der Waals surface area contributed by atoms with Crippen molar-refractivity contribution in [1.82, 2.24) is 5.32 Å². The first kappa shape index (κ1) is 9.53. The van der Waals surface area contributed by atoms with Crippen LogP contribution in [0.15, 0.2) is 0 Å². The van der Waals surface area contributed by atoms with Gasteiger partial charge < -0.3 is 5.32 Å². The smallest absolute Gasteiger partial charge is 0.216 e. The summed E-state index contributed by atoms with van der Waals surface area (Å²) in [4.78, 5) is 10.4. The van der Waals surface area contributed by atoms with Gasteiger partial charge in [-0.05, 0) is 18.3 Å². The summed E-state index contributed by atoms with van der Waals surface area (Å²) in [5.74, 6) is 0.285. The molecule has 0 aromatic rings. The molecule has 0 bridgehead atoms. The SMILES string of the molecule is [B]C(CC(C)C)NC(C)=O. The van der Waals surface area contributed by atoms with Crippen LogP contribution in [0.5, 0.6) is 0 Å². The Hall–Kier alpha value is -0.465. The second-order valence-corrected chi connectivity index (χ2v) is 2.94. The number of amides is 1. The van der Waals surface area contributed by atoms with Gasteiger partial charge in [-0.2, -0.15) is 0 Å². The molecule has 0 rings (SSSR count).